The Morgan fingerprint density at radius 3 is 2.26 bits per heavy atom. The summed E-state index contributed by atoms with van der Waals surface area (Å²) in [6, 6.07) is 10.8. The molecule has 0 bridgehead atoms. The first-order valence-electron chi connectivity index (χ1n) is 7.57. The molecule has 0 N–H and O–H groups in total. The molecule has 0 atom stereocenters. The number of hydrogen-bond acceptors (Lipinski definition) is 2. The summed E-state index contributed by atoms with van der Waals surface area (Å²) in [4.78, 5) is 2.48. The minimum absolute atomic E-state index is 0.448. The normalized spacial score (nSPS) is 19.3. The molecule has 2 heteroatoms. The van der Waals surface area contributed by atoms with Gasteiger partial charge in [0.15, 0.2) is 0 Å². The van der Waals surface area contributed by atoms with Gasteiger partial charge in [0.05, 0.1) is 0 Å². The van der Waals surface area contributed by atoms with E-state index in [1.165, 1.54) is 50.6 Å². The zero-order valence-corrected chi connectivity index (χ0v) is 13.0. The maximum atomic E-state index is 4.67. The first kappa shape index (κ1) is 14.9. The standard InChI is InChI=1S/C17H27NS/c1-18(13-16-9-5-4-6-10-16)14-17(15-19)11-7-2-3-8-12-17/h4-6,9-10,19H,2-3,7-8,11-15H2,1H3. The van der Waals surface area contributed by atoms with Crippen molar-refractivity contribution < 1.29 is 0 Å². The third-order valence-electron chi connectivity index (χ3n) is 4.40. The van der Waals surface area contributed by atoms with E-state index in [2.05, 4.69) is 54.9 Å². The fourth-order valence-corrected chi connectivity index (χ4v) is 3.78. The highest BCUT2D eigenvalue weighted by atomic mass is 32.1. The van der Waals surface area contributed by atoms with E-state index in [1.54, 1.807) is 0 Å². The van der Waals surface area contributed by atoms with Gasteiger partial charge in [-0.3, -0.25) is 0 Å². The molecule has 0 spiro atoms. The lowest BCUT2D eigenvalue weighted by molar-refractivity contribution is 0.170. The largest absolute Gasteiger partial charge is 0.302 e. The fourth-order valence-electron chi connectivity index (χ4n) is 3.37. The van der Waals surface area contributed by atoms with Crippen LogP contribution in [0.1, 0.15) is 44.1 Å². The predicted octanol–water partition coefficient (Wildman–Crippen LogP) is 4.39. The minimum atomic E-state index is 0.448. The Balaban J connectivity index is 1.93. The second-order valence-electron chi connectivity index (χ2n) is 6.23. The number of hydrogen-bond donors (Lipinski definition) is 1. The molecule has 0 heterocycles. The van der Waals surface area contributed by atoms with Crippen LogP contribution in [0.15, 0.2) is 30.3 Å². The Labute approximate surface area is 123 Å². The molecule has 0 radical (unpaired) electrons. The van der Waals surface area contributed by atoms with Gasteiger partial charge >= 0.3 is 0 Å². The van der Waals surface area contributed by atoms with Gasteiger partial charge in [-0.05, 0) is 36.6 Å². The Bertz CT molecular complexity index is 355. The van der Waals surface area contributed by atoms with Crippen LogP contribution in [-0.2, 0) is 6.54 Å². The smallest absolute Gasteiger partial charge is 0.0230 e. The molecule has 1 aliphatic carbocycles. The maximum Gasteiger partial charge on any atom is 0.0230 e. The van der Waals surface area contributed by atoms with Crippen LogP contribution < -0.4 is 0 Å². The zero-order chi connectivity index (χ0) is 13.6. The highest BCUT2D eigenvalue weighted by Gasteiger charge is 2.30. The van der Waals surface area contributed by atoms with Gasteiger partial charge in [-0.2, -0.15) is 12.6 Å². The SMILES string of the molecule is CN(Cc1ccccc1)CC1(CS)CCCCCC1. The van der Waals surface area contributed by atoms with Gasteiger partial charge < -0.3 is 4.90 Å². The predicted molar refractivity (Wildman–Crippen MR) is 86.8 cm³/mol. The lowest BCUT2D eigenvalue weighted by Gasteiger charge is -2.35. The zero-order valence-electron chi connectivity index (χ0n) is 12.1. The molecule has 1 aromatic carbocycles. The van der Waals surface area contributed by atoms with Crippen LogP contribution in [0.3, 0.4) is 0 Å². The molecule has 0 aromatic heterocycles. The monoisotopic (exact) mass is 277 g/mol. The Morgan fingerprint density at radius 1 is 1.05 bits per heavy atom. The Kier molecular flexibility index (Phi) is 5.77. The van der Waals surface area contributed by atoms with Crippen molar-refractivity contribution in [1.82, 2.24) is 4.90 Å². The molecule has 0 aliphatic heterocycles. The van der Waals surface area contributed by atoms with Crippen LogP contribution in [0.2, 0.25) is 0 Å². The van der Waals surface area contributed by atoms with Crippen molar-refractivity contribution in [3.63, 3.8) is 0 Å². The lowest BCUT2D eigenvalue weighted by Crippen LogP contribution is -2.36. The molecule has 1 nitrogen and oxygen atoms in total. The molecule has 1 aliphatic rings. The van der Waals surface area contributed by atoms with Crippen molar-refractivity contribution in [2.24, 2.45) is 5.41 Å². The quantitative estimate of drug-likeness (QED) is 0.617. The van der Waals surface area contributed by atoms with Gasteiger partial charge in [0.25, 0.3) is 0 Å². The number of thiol groups is 1. The van der Waals surface area contributed by atoms with Crippen LogP contribution in [0, 0.1) is 5.41 Å². The summed E-state index contributed by atoms with van der Waals surface area (Å²) in [7, 11) is 2.25. The summed E-state index contributed by atoms with van der Waals surface area (Å²) in [5.41, 5.74) is 1.86. The van der Waals surface area contributed by atoms with Gasteiger partial charge in [0.1, 0.15) is 0 Å². The van der Waals surface area contributed by atoms with Gasteiger partial charge in [-0.1, -0.05) is 56.0 Å². The Morgan fingerprint density at radius 2 is 1.68 bits per heavy atom. The first-order chi connectivity index (χ1) is 9.24. The van der Waals surface area contributed by atoms with Gasteiger partial charge in [0, 0.05) is 13.1 Å². The molecule has 1 saturated carbocycles. The minimum Gasteiger partial charge on any atom is -0.302 e. The molecular formula is C17H27NS. The second-order valence-corrected chi connectivity index (χ2v) is 6.55. The third-order valence-corrected chi connectivity index (χ3v) is 5.07. The summed E-state index contributed by atoms with van der Waals surface area (Å²) in [5, 5.41) is 0. The topological polar surface area (TPSA) is 3.24 Å². The van der Waals surface area contributed by atoms with Crippen molar-refractivity contribution in [1.29, 1.82) is 0 Å². The molecule has 1 aromatic rings. The van der Waals surface area contributed by atoms with E-state index in [0.717, 1.165) is 12.3 Å². The van der Waals surface area contributed by atoms with E-state index in [4.69, 9.17) is 0 Å². The number of nitrogens with zero attached hydrogens (tertiary/aromatic N) is 1. The summed E-state index contributed by atoms with van der Waals surface area (Å²) < 4.78 is 0. The summed E-state index contributed by atoms with van der Waals surface area (Å²) >= 11 is 4.67. The van der Waals surface area contributed by atoms with E-state index in [1.807, 2.05) is 0 Å². The lowest BCUT2D eigenvalue weighted by atomic mass is 9.81. The number of benzene rings is 1. The second kappa shape index (κ2) is 7.35. The van der Waals surface area contributed by atoms with Crippen molar-refractivity contribution in [3.05, 3.63) is 35.9 Å². The molecule has 106 valence electrons. The molecule has 1 fully saturated rings. The average molecular weight is 277 g/mol. The molecule has 0 amide bonds. The molecular weight excluding hydrogens is 250 g/mol. The van der Waals surface area contributed by atoms with Crippen molar-refractivity contribution in [3.8, 4) is 0 Å². The van der Waals surface area contributed by atoms with E-state index in [-0.39, 0.29) is 0 Å². The van der Waals surface area contributed by atoms with E-state index >= 15 is 0 Å². The highest BCUT2D eigenvalue weighted by molar-refractivity contribution is 7.80. The molecule has 0 unspecified atom stereocenters. The first-order valence-corrected chi connectivity index (χ1v) is 8.21. The van der Waals surface area contributed by atoms with Crippen molar-refractivity contribution in [2.45, 2.75) is 45.1 Å². The summed E-state index contributed by atoms with van der Waals surface area (Å²) in [6.07, 6.45) is 8.32. The fraction of sp³-hybridized carbons (Fsp3) is 0.647. The summed E-state index contributed by atoms with van der Waals surface area (Å²) in [5.74, 6) is 1.03. The molecule has 2 rings (SSSR count). The third kappa shape index (κ3) is 4.54. The van der Waals surface area contributed by atoms with E-state index in [0.29, 0.717) is 5.41 Å². The Hall–Kier alpha value is -0.470. The van der Waals surface area contributed by atoms with E-state index in [9.17, 15) is 0 Å². The van der Waals surface area contributed by atoms with Gasteiger partial charge in [-0.25, -0.2) is 0 Å². The van der Waals surface area contributed by atoms with E-state index < -0.39 is 0 Å². The van der Waals surface area contributed by atoms with Crippen LogP contribution in [0.5, 0.6) is 0 Å². The van der Waals surface area contributed by atoms with Gasteiger partial charge in [-0.15, -0.1) is 0 Å². The highest BCUT2D eigenvalue weighted by Crippen LogP contribution is 2.36. The maximum absolute atomic E-state index is 4.67. The molecule has 0 saturated heterocycles. The molecule has 19 heavy (non-hydrogen) atoms. The number of rotatable bonds is 5. The van der Waals surface area contributed by atoms with Crippen LogP contribution in [0.25, 0.3) is 0 Å². The van der Waals surface area contributed by atoms with Crippen LogP contribution in [-0.4, -0.2) is 24.2 Å². The van der Waals surface area contributed by atoms with Crippen LogP contribution in [0.4, 0.5) is 0 Å². The summed E-state index contributed by atoms with van der Waals surface area (Å²) in [6.45, 7) is 2.24. The van der Waals surface area contributed by atoms with Crippen molar-refractivity contribution >= 4 is 12.6 Å². The van der Waals surface area contributed by atoms with Crippen molar-refractivity contribution in [2.75, 3.05) is 19.3 Å². The van der Waals surface area contributed by atoms with Gasteiger partial charge in [0.2, 0.25) is 0 Å². The van der Waals surface area contributed by atoms with Crippen LogP contribution >= 0.6 is 12.6 Å². The average Bonchev–Trinajstić information content (AvgIpc) is 2.66.